The molecule has 0 amide bonds. The molecule has 0 bridgehead atoms. The van der Waals surface area contributed by atoms with Crippen LogP contribution in [0.3, 0.4) is 0 Å². The fourth-order valence-corrected chi connectivity index (χ4v) is 2.51. The quantitative estimate of drug-likeness (QED) is 0.614. The zero-order valence-electron chi connectivity index (χ0n) is 11.2. The number of rotatable bonds is 2. The van der Waals surface area contributed by atoms with Crippen molar-refractivity contribution in [2.24, 2.45) is 0 Å². The molecule has 0 spiro atoms. The van der Waals surface area contributed by atoms with E-state index in [0.29, 0.717) is 0 Å². The van der Waals surface area contributed by atoms with Crippen molar-refractivity contribution < 1.29 is 0 Å². The summed E-state index contributed by atoms with van der Waals surface area (Å²) in [6.07, 6.45) is 1.82. The fraction of sp³-hybridized carbons (Fsp3) is 0.0556. The summed E-state index contributed by atoms with van der Waals surface area (Å²) in [6, 6.07) is 20.3. The van der Waals surface area contributed by atoms with Gasteiger partial charge in [0.05, 0.1) is 5.69 Å². The predicted octanol–water partition coefficient (Wildman–Crippen LogP) is 5.38. The van der Waals surface area contributed by atoms with Gasteiger partial charge in [0, 0.05) is 22.3 Å². The number of benzene rings is 2. The minimum atomic E-state index is 0.725. The molecule has 2 aromatic carbocycles. The van der Waals surface area contributed by atoms with Crippen LogP contribution in [0.1, 0.15) is 5.56 Å². The molecule has 0 unspecified atom stereocenters. The first kappa shape index (κ1) is 12.9. The van der Waals surface area contributed by atoms with Crippen LogP contribution < -0.4 is 0 Å². The van der Waals surface area contributed by atoms with Gasteiger partial charge in [-0.15, -0.1) is 0 Å². The van der Waals surface area contributed by atoms with E-state index in [1.54, 1.807) is 0 Å². The molecule has 98 valence electrons. The normalized spacial score (nSPS) is 10.5. The average Bonchev–Trinajstić information content (AvgIpc) is 2.47. The summed E-state index contributed by atoms with van der Waals surface area (Å²) in [4.78, 5) is 4.54. The van der Waals surface area contributed by atoms with E-state index in [2.05, 4.69) is 42.2 Å². The van der Waals surface area contributed by atoms with Crippen LogP contribution in [0.2, 0.25) is 5.02 Å². The molecule has 1 nitrogen and oxygen atoms in total. The molecule has 20 heavy (non-hydrogen) atoms. The van der Waals surface area contributed by atoms with Gasteiger partial charge >= 0.3 is 0 Å². The van der Waals surface area contributed by atoms with E-state index < -0.39 is 0 Å². The third kappa shape index (κ3) is 2.59. The molecule has 0 saturated carbocycles. The van der Waals surface area contributed by atoms with Crippen molar-refractivity contribution in [2.45, 2.75) is 6.92 Å². The lowest BCUT2D eigenvalue weighted by atomic mass is 9.98. The second-order valence-electron chi connectivity index (χ2n) is 4.78. The Bertz CT molecular complexity index is 685. The second-order valence-corrected chi connectivity index (χ2v) is 5.22. The van der Waals surface area contributed by atoms with E-state index in [0.717, 1.165) is 21.8 Å². The first-order valence-corrected chi connectivity index (χ1v) is 6.90. The highest BCUT2D eigenvalue weighted by atomic mass is 35.5. The van der Waals surface area contributed by atoms with E-state index in [1.807, 2.05) is 36.5 Å². The Balaban J connectivity index is 2.18. The molecular weight excluding hydrogens is 266 g/mol. The molecule has 1 aromatic heterocycles. The maximum absolute atomic E-state index is 6.09. The van der Waals surface area contributed by atoms with E-state index in [4.69, 9.17) is 11.6 Å². The topological polar surface area (TPSA) is 12.9 Å². The summed E-state index contributed by atoms with van der Waals surface area (Å²) in [6.45, 7) is 2.10. The van der Waals surface area contributed by atoms with Crippen molar-refractivity contribution in [3.8, 4) is 22.4 Å². The summed E-state index contributed by atoms with van der Waals surface area (Å²) in [5, 5.41) is 0.725. The standard InChI is InChI=1S/C18H14ClN/c1-13-5-2-6-14(11-13)17-9-4-10-20-18(17)15-7-3-8-16(19)12-15/h2-12H,1H3. The Kier molecular flexibility index (Phi) is 3.53. The number of aryl methyl sites for hydroxylation is 1. The van der Waals surface area contributed by atoms with Crippen molar-refractivity contribution in [1.29, 1.82) is 0 Å². The van der Waals surface area contributed by atoms with Gasteiger partial charge < -0.3 is 0 Å². The zero-order valence-corrected chi connectivity index (χ0v) is 11.9. The van der Waals surface area contributed by atoms with Gasteiger partial charge in [0.1, 0.15) is 0 Å². The van der Waals surface area contributed by atoms with Crippen molar-refractivity contribution in [1.82, 2.24) is 4.98 Å². The smallest absolute Gasteiger partial charge is 0.0780 e. The van der Waals surface area contributed by atoms with Gasteiger partial charge in [0.2, 0.25) is 0 Å². The molecule has 3 rings (SSSR count). The summed E-state index contributed by atoms with van der Waals surface area (Å²) < 4.78 is 0. The molecule has 0 saturated heterocycles. The van der Waals surface area contributed by atoms with Crippen molar-refractivity contribution in [2.75, 3.05) is 0 Å². The second kappa shape index (κ2) is 5.48. The first-order chi connectivity index (χ1) is 9.74. The summed E-state index contributed by atoms with van der Waals surface area (Å²) >= 11 is 6.09. The molecule has 1 heterocycles. The van der Waals surface area contributed by atoms with Gasteiger partial charge in [-0.2, -0.15) is 0 Å². The largest absolute Gasteiger partial charge is 0.256 e. The van der Waals surface area contributed by atoms with Crippen molar-refractivity contribution in [3.05, 3.63) is 77.4 Å². The number of pyridine rings is 1. The Hall–Kier alpha value is -2.12. The third-order valence-electron chi connectivity index (χ3n) is 3.23. The Morgan fingerprint density at radius 1 is 0.850 bits per heavy atom. The Morgan fingerprint density at radius 3 is 2.45 bits per heavy atom. The van der Waals surface area contributed by atoms with Gasteiger partial charge in [-0.05, 0) is 30.7 Å². The average molecular weight is 280 g/mol. The van der Waals surface area contributed by atoms with Crippen molar-refractivity contribution in [3.63, 3.8) is 0 Å². The van der Waals surface area contributed by atoms with Gasteiger partial charge in [0.25, 0.3) is 0 Å². The van der Waals surface area contributed by atoms with Crippen LogP contribution in [0.15, 0.2) is 66.9 Å². The van der Waals surface area contributed by atoms with E-state index in [-0.39, 0.29) is 0 Å². The molecule has 0 atom stereocenters. The number of hydrogen-bond acceptors (Lipinski definition) is 1. The van der Waals surface area contributed by atoms with Crippen LogP contribution in [0, 0.1) is 6.92 Å². The maximum Gasteiger partial charge on any atom is 0.0780 e. The summed E-state index contributed by atoms with van der Waals surface area (Å²) in [5.41, 5.74) is 5.53. The van der Waals surface area contributed by atoms with E-state index in [1.165, 1.54) is 11.1 Å². The minimum absolute atomic E-state index is 0.725. The maximum atomic E-state index is 6.09. The lowest BCUT2D eigenvalue weighted by molar-refractivity contribution is 1.32. The Morgan fingerprint density at radius 2 is 1.65 bits per heavy atom. The molecule has 3 aromatic rings. The molecule has 0 fully saturated rings. The molecule has 0 aliphatic heterocycles. The lowest BCUT2D eigenvalue weighted by Crippen LogP contribution is -1.89. The van der Waals surface area contributed by atoms with Crippen molar-refractivity contribution >= 4 is 11.6 Å². The van der Waals surface area contributed by atoms with Gasteiger partial charge in [-0.3, -0.25) is 4.98 Å². The van der Waals surface area contributed by atoms with E-state index >= 15 is 0 Å². The third-order valence-corrected chi connectivity index (χ3v) is 3.47. The molecule has 0 aliphatic rings. The highest BCUT2D eigenvalue weighted by Gasteiger charge is 2.08. The molecular formula is C18H14ClN. The van der Waals surface area contributed by atoms with Crippen LogP contribution in [0.4, 0.5) is 0 Å². The van der Waals surface area contributed by atoms with Gasteiger partial charge in [0.15, 0.2) is 0 Å². The highest BCUT2D eigenvalue weighted by molar-refractivity contribution is 6.30. The van der Waals surface area contributed by atoms with Gasteiger partial charge in [-0.1, -0.05) is 59.6 Å². The number of hydrogen-bond donors (Lipinski definition) is 0. The van der Waals surface area contributed by atoms with E-state index in [9.17, 15) is 0 Å². The van der Waals surface area contributed by atoms with Crippen LogP contribution in [0.25, 0.3) is 22.4 Å². The molecule has 0 aliphatic carbocycles. The Labute approximate surface area is 123 Å². The molecule has 0 radical (unpaired) electrons. The molecule has 2 heteroatoms. The van der Waals surface area contributed by atoms with Crippen LogP contribution in [-0.2, 0) is 0 Å². The summed E-state index contributed by atoms with van der Waals surface area (Å²) in [7, 11) is 0. The zero-order chi connectivity index (χ0) is 13.9. The monoisotopic (exact) mass is 279 g/mol. The van der Waals surface area contributed by atoms with Crippen LogP contribution in [0.5, 0.6) is 0 Å². The summed E-state index contributed by atoms with van der Waals surface area (Å²) in [5.74, 6) is 0. The van der Waals surface area contributed by atoms with Crippen LogP contribution in [-0.4, -0.2) is 4.98 Å². The SMILES string of the molecule is Cc1cccc(-c2cccnc2-c2cccc(Cl)c2)c1. The van der Waals surface area contributed by atoms with Crippen LogP contribution >= 0.6 is 11.6 Å². The molecule has 0 N–H and O–H groups in total. The lowest BCUT2D eigenvalue weighted by Gasteiger charge is -2.09. The fourth-order valence-electron chi connectivity index (χ4n) is 2.32. The number of halogens is 1. The van der Waals surface area contributed by atoms with Gasteiger partial charge in [-0.25, -0.2) is 0 Å². The minimum Gasteiger partial charge on any atom is -0.256 e. The predicted molar refractivity (Wildman–Crippen MR) is 84.9 cm³/mol. The highest BCUT2D eigenvalue weighted by Crippen LogP contribution is 2.31. The number of aromatic nitrogens is 1. The first-order valence-electron chi connectivity index (χ1n) is 6.52. The number of nitrogens with zero attached hydrogens (tertiary/aromatic N) is 1.